The largest absolute Gasteiger partial charge is 0.460 e. The lowest BCUT2D eigenvalue weighted by atomic mass is 9.57. The molecule has 0 aromatic heterocycles. The van der Waals surface area contributed by atoms with Crippen molar-refractivity contribution in [1.29, 1.82) is 0 Å². The van der Waals surface area contributed by atoms with Crippen molar-refractivity contribution in [3.05, 3.63) is 0 Å². The first-order valence-corrected chi connectivity index (χ1v) is 9.65. The quantitative estimate of drug-likeness (QED) is 0.220. The molecule has 0 amide bonds. The fraction of sp³-hybridized carbons (Fsp3) is 0.947. The fourth-order valence-corrected chi connectivity index (χ4v) is 3.11. The van der Waals surface area contributed by atoms with Crippen molar-refractivity contribution in [2.24, 2.45) is 16.2 Å². The predicted molar refractivity (Wildman–Crippen MR) is 93.1 cm³/mol. The SMILES string of the molecule is CCC(C)(C)CC(C(=O)OCC(F)(F)C(F)(F)C(F)(F)C(F)(F)F)(C(F)(F)F)C(C)(C)CC. The average molecular weight is 514 g/mol. The molecule has 0 aromatic rings. The minimum Gasteiger partial charge on any atom is -0.458 e. The summed E-state index contributed by atoms with van der Waals surface area (Å²) in [7, 11) is 0. The lowest BCUT2D eigenvalue weighted by molar-refractivity contribution is -0.399. The zero-order valence-corrected chi connectivity index (χ0v) is 18.7. The van der Waals surface area contributed by atoms with E-state index in [1.807, 2.05) is 0 Å². The van der Waals surface area contributed by atoms with Crippen LogP contribution in [-0.2, 0) is 9.53 Å². The molecule has 2 nitrogen and oxygen atoms in total. The van der Waals surface area contributed by atoms with Crippen LogP contribution in [0.1, 0.15) is 60.8 Å². The van der Waals surface area contributed by atoms with Crippen molar-refractivity contribution < 1.29 is 62.2 Å². The van der Waals surface area contributed by atoms with Gasteiger partial charge in [-0.3, -0.25) is 4.79 Å². The molecule has 0 heterocycles. The van der Waals surface area contributed by atoms with Gasteiger partial charge >= 0.3 is 36.1 Å². The van der Waals surface area contributed by atoms with Crippen molar-refractivity contribution in [1.82, 2.24) is 0 Å². The van der Waals surface area contributed by atoms with Gasteiger partial charge in [0, 0.05) is 0 Å². The topological polar surface area (TPSA) is 26.3 Å². The number of esters is 1. The Labute approximate surface area is 183 Å². The molecule has 0 aliphatic rings. The Kier molecular flexibility index (Phi) is 8.64. The molecule has 0 aliphatic heterocycles. The Bertz CT molecular complexity index is 692. The van der Waals surface area contributed by atoms with E-state index in [0.29, 0.717) is 0 Å². The van der Waals surface area contributed by atoms with Gasteiger partial charge in [-0.25, -0.2) is 0 Å². The minimum atomic E-state index is -7.26. The number of ether oxygens (including phenoxy) is 1. The molecule has 0 aromatic carbocycles. The normalized spacial score (nSPS) is 17.0. The Morgan fingerprint density at radius 3 is 1.39 bits per heavy atom. The van der Waals surface area contributed by atoms with Gasteiger partial charge in [-0.2, -0.15) is 52.7 Å². The van der Waals surface area contributed by atoms with Crippen LogP contribution in [0.2, 0.25) is 0 Å². The van der Waals surface area contributed by atoms with Crippen molar-refractivity contribution >= 4 is 5.97 Å². The van der Waals surface area contributed by atoms with Crippen molar-refractivity contribution in [2.75, 3.05) is 6.61 Å². The van der Waals surface area contributed by atoms with Gasteiger partial charge in [-0.15, -0.1) is 0 Å². The van der Waals surface area contributed by atoms with Crippen molar-refractivity contribution in [2.45, 2.75) is 90.9 Å². The molecule has 0 bridgehead atoms. The highest BCUT2D eigenvalue weighted by atomic mass is 19.4. The van der Waals surface area contributed by atoms with Gasteiger partial charge in [0.05, 0.1) is 0 Å². The van der Waals surface area contributed by atoms with Crippen LogP contribution in [0, 0.1) is 16.2 Å². The van der Waals surface area contributed by atoms with Crippen LogP contribution in [0.4, 0.5) is 52.7 Å². The predicted octanol–water partition coefficient (Wildman–Crippen LogP) is 7.81. The van der Waals surface area contributed by atoms with Crippen LogP contribution in [0.3, 0.4) is 0 Å². The first-order valence-electron chi connectivity index (χ1n) is 9.65. The van der Waals surface area contributed by atoms with E-state index in [4.69, 9.17) is 0 Å². The van der Waals surface area contributed by atoms with E-state index >= 15 is 0 Å². The molecule has 33 heavy (non-hydrogen) atoms. The number of hydrogen-bond acceptors (Lipinski definition) is 2. The maximum absolute atomic E-state index is 14.3. The molecule has 1 atom stereocenters. The van der Waals surface area contributed by atoms with Crippen LogP contribution in [0.15, 0.2) is 0 Å². The Hall–Kier alpha value is -1.37. The molecule has 0 radical (unpaired) electrons. The lowest BCUT2D eigenvalue weighted by Gasteiger charge is -2.48. The van der Waals surface area contributed by atoms with E-state index in [-0.39, 0.29) is 12.8 Å². The van der Waals surface area contributed by atoms with E-state index in [1.54, 1.807) is 0 Å². The average Bonchev–Trinajstić information content (AvgIpc) is 2.61. The molecular formula is C19H26F12O2. The number of halogens is 12. The standard InChI is InChI=1S/C19H26F12O2/c1-7-12(3,4)9-14(18(26,27)28,13(5,6)8-2)11(32)33-10-15(20,21)16(22,23)17(24,25)19(29,30)31/h7-10H2,1-6H3. The number of rotatable bonds is 10. The molecule has 198 valence electrons. The molecule has 0 fully saturated rings. The first-order chi connectivity index (χ1) is 14.2. The van der Waals surface area contributed by atoms with E-state index in [9.17, 15) is 57.5 Å². The summed E-state index contributed by atoms with van der Waals surface area (Å²) in [5.41, 5.74) is -6.90. The Balaban J connectivity index is 6.46. The van der Waals surface area contributed by atoms with Gasteiger partial charge in [-0.05, 0) is 23.7 Å². The molecule has 0 spiro atoms. The maximum Gasteiger partial charge on any atom is 0.460 e. The van der Waals surface area contributed by atoms with Gasteiger partial charge in [0.2, 0.25) is 0 Å². The third-order valence-corrected chi connectivity index (χ3v) is 6.17. The van der Waals surface area contributed by atoms with Crippen LogP contribution < -0.4 is 0 Å². The lowest BCUT2D eigenvalue weighted by Crippen LogP contribution is -2.63. The van der Waals surface area contributed by atoms with Gasteiger partial charge in [0.25, 0.3) is 0 Å². The molecular weight excluding hydrogens is 488 g/mol. The van der Waals surface area contributed by atoms with Crippen LogP contribution in [-0.4, -0.2) is 42.7 Å². The number of carbonyl (C=O) groups is 1. The smallest absolute Gasteiger partial charge is 0.458 e. The molecule has 14 heteroatoms. The number of alkyl halides is 12. The second-order valence-corrected chi connectivity index (χ2v) is 9.26. The Morgan fingerprint density at radius 1 is 0.667 bits per heavy atom. The van der Waals surface area contributed by atoms with Gasteiger partial charge in [0.1, 0.15) is 0 Å². The molecule has 0 saturated heterocycles. The maximum atomic E-state index is 14.3. The second-order valence-electron chi connectivity index (χ2n) is 9.26. The van der Waals surface area contributed by atoms with Crippen LogP contribution in [0.25, 0.3) is 0 Å². The molecule has 0 saturated carbocycles. The van der Waals surface area contributed by atoms with Gasteiger partial charge < -0.3 is 4.74 Å². The molecule has 0 aliphatic carbocycles. The minimum absolute atomic E-state index is 0.0456. The van der Waals surface area contributed by atoms with Crippen LogP contribution >= 0.6 is 0 Å². The van der Waals surface area contributed by atoms with Crippen molar-refractivity contribution in [3.63, 3.8) is 0 Å². The zero-order chi connectivity index (χ0) is 27.1. The highest BCUT2D eigenvalue weighted by Crippen LogP contribution is 2.60. The van der Waals surface area contributed by atoms with Crippen LogP contribution in [0.5, 0.6) is 0 Å². The van der Waals surface area contributed by atoms with Gasteiger partial charge in [-0.1, -0.05) is 48.0 Å². The highest BCUT2D eigenvalue weighted by Gasteiger charge is 2.82. The van der Waals surface area contributed by atoms with E-state index < -0.39 is 65.4 Å². The summed E-state index contributed by atoms with van der Waals surface area (Å²) >= 11 is 0. The highest BCUT2D eigenvalue weighted by molar-refractivity contribution is 5.79. The molecule has 0 rings (SSSR count). The third-order valence-electron chi connectivity index (χ3n) is 6.17. The second kappa shape index (κ2) is 9.01. The number of carbonyl (C=O) groups excluding carboxylic acids is 1. The molecule has 1 unspecified atom stereocenters. The zero-order valence-electron chi connectivity index (χ0n) is 18.7. The summed E-state index contributed by atoms with van der Waals surface area (Å²) in [5, 5.41) is 0. The summed E-state index contributed by atoms with van der Waals surface area (Å²) in [4.78, 5) is 12.6. The monoisotopic (exact) mass is 514 g/mol. The first kappa shape index (κ1) is 31.6. The summed E-state index contributed by atoms with van der Waals surface area (Å²) in [6, 6.07) is 0. The summed E-state index contributed by atoms with van der Waals surface area (Å²) < 4.78 is 164. The van der Waals surface area contributed by atoms with Crippen molar-refractivity contribution in [3.8, 4) is 0 Å². The molecule has 0 N–H and O–H groups in total. The fourth-order valence-electron chi connectivity index (χ4n) is 3.11. The Morgan fingerprint density at radius 2 is 1.09 bits per heavy atom. The summed E-state index contributed by atoms with van der Waals surface area (Å²) in [6.07, 6.45) is -14.0. The van der Waals surface area contributed by atoms with E-state index in [1.165, 1.54) is 27.7 Å². The summed E-state index contributed by atoms with van der Waals surface area (Å²) in [6.45, 7) is 4.04. The van der Waals surface area contributed by atoms with E-state index in [2.05, 4.69) is 4.74 Å². The van der Waals surface area contributed by atoms with E-state index in [0.717, 1.165) is 13.8 Å². The third kappa shape index (κ3) is 5.49. The number of hydrogen-bond donors (Lipinski definition) is 0. The summed E-state index contributed by atoms with van der Waals surface area (Å²) in [5.74, 6) is -23.2. The van der Waals surface area contributed by atoms with Gasteiger partial charge in [0.15, 0.2) is 12.0 Å².